The van der Waals surface area contributed by atoms with Crippen LogP contribution in [0.3, 0.4) is 0 Å². The van der Waals surface area contributed by atoms with Crippen LogP contribution >= 0.6 is 15.9 Å². The quantitative estimate of drug-likeness (QED) is 0.838. The molecule has 1 aromatic heterocycles. The maximum atomic E-state index is 13.2. The van der Waals surface area contributed by atoms with E-state index in [9.17, 15) is 9.18 Å². The van der Waals surface area contributed by atoms with Gasteiger partial charge in [-0.05, 0) is 46.3 Å². The number of anilines is 2. The normalized spacial score (nSPS) is 10.1. The molecular formula is C12H9BrFN3O. The van der Waals surface area contributed by atoms with E-state index in [4.69, 9.17) is 5.73 Å². The summed E-state index contributed by atoms with van der Waals surface area (Å²) >= 11 is 3.22. The lowest BCUT2D eigenvalue weighted by Crippen LogP contribution is -2.14. The van der Waals surface area contributed by atoms with Crippen LogP contribution in [0.4, 0.5) is 15.8 Å². The molecule has 2 aromatic rings. The maximum absolute atomic E-state index is 13.2. The molecule has 0 aliphatic heterocycles. The fourth-order valence-corrected chi connectivity index (χ4v) is 1.78. The van der Waals surface area contributed by atoms with Gasteiger partial charge in [-0.15, -0.1) is 0 Å². The van der Waals surface area contributed by atoms with Crippen molar-refractivity contribution in [3.05, 3.63) is 52.5 Å². The molecule has 3 N–H and O–H groups in total. The third kappa shape index (κ3) is 2.65. The van der Waals surface area contributed by atoms with E-state index in [0.29, 0.717) is 10.2 Å². The number of nitrogens with one attached hydrogen (secondary N) is 1. The van der Waals surface area contributed by atoms with Crippen LogP contribution < -0.4 is 11.1 Å². The maximum Gasteiger partial charge on any atom is 0.275 e. The minimum absolute atomic E-state index is 0.0343. The van der Waals surface area contributed by atoms with Crippen LogP contribution in [0.5, 0.6) is 0 Å². The number of halogens is 2. The zero-order chi connectivity index (χ0) is 13.1. The van der Waals surface area contributed by atoms with Gasteiger partial charge in [-0.2, -0.15) is 0 Å². The summed E-state index contributed by atoms with van der Waals surface area (Å²) in [5.41, 5.74) is 5.94. The highest BCUT2D eigenvalue weighted by atomic mass is 79.9. The third-order valence-electron chi connectivity index (χ3n) is 2.23. The van der Waals surface area contributed by atoms with Crippen molar-refractivity contribution in [3.63, 3.8) is 0 Å². The van der Waals surface area contributed by atoms with Crippen LogP contribution in [0.1, 0.15) is 10.5 Å². The van der Waals surface area contributed by atoms with Gasteiger partial charge in [0, 0.05) is 16.4 Å². The van der Waals surface area contributed by atoms with E-state index in [-0.39, 0.29) is 11.4 Å². The van der Waals surface area contributed by atoms with E-state index in [2.05, 4.69) is 26.2 Å². The summed E-state index contributed by atoms with van der Waals surface area (Å²) in [6.07, 6.45) is 1.50. The molecule has 0 fully saturated rings. The Morgan fingerprint density at radius 2 is 2.17 bits per heavy atom. The molecule has 0 unspecified atom stereocenters. The Labute approximate surface area is 111 Å². The Morgan fingerprint density at radius 3 is 2.83 bits per heavy atom. The molecule has 0 radical (unpaired) electrons. The number of nitrogen functional groups attached to an aromatic ring is 1. The van der Waals surface area contributed by atoms with E-state index >= 15 is 0 Å². The Morgan fingerprint density at radius 1 is 1.39 bits per heavy atom. The Balaban J connectivity index is 2.22. The smallest absolute Gasteiger partial charge is 0.275 e. The number of benzene rings is 1. The molecule has 0 saturated carbocycles. The molecule has 4 nitrogen and oxygen atoms in total. The van der Waals surface area contributed by atoms with Crippen LogP contribution in [0.15, 0.2) is 41.0 Å². The zero-order valence-electron chi connectivity index (χ0n) is 9.15. The highest BCUT2D eigenvalue weighted by molar-refractivity contribution is 9.10. The van der Waals surface area contributed by atoms with Crippen LogP contribution in [-0.2, 0) is 0 Å². The standard InChI is InChI=1S/C12H9BrFN3O/c13-8-2-1-5-16-11(8)12(18)17-7-3-4-10(15)9(14)6-7/h1-6H,15H2,(H,17,18). The summed E-state index contributed by atoms with van der Waals surface area (Å²) in [6, 6.07) is 7.46. The monoisotopic (exact) mass is 309 g/mol. The molecule has 0 aliphatic rings. The van der Waals surface area contributed by atoms with Crippen molar-refractivity contribution in [2.75, 3.05) is 11.1 Å². The fraction of sp³-hybridized carbons (Fsp3) is 0. The second kappa shape index (κ2) is 5.14. The van der Waals surface area contributed by atoms with E-state index in [1.165, 1.54) is 18.3 Å². The molecule has 92 valence electrons. The summed E-state index contributed by atoms with van der Waals surface area (Å²) in [4.78, 5) is 15.8. The predicted molar refractivity (Wildman–Crippen MR) is 70.7 cm³/mol. The number of carbonyl (C=O) groups excluding carboxylic acids is 1. The molecule has 2 rings (SSSR count). The van der Waals surface area contributed by atoms with Gasteiger partial charge in [0.25, 0.3) is 5.91 Å². The molecule has 0 atom stereocenters. The van der Waals surface area contributed by atoms with Crippen molar-refractivity contribution in [3.8, 4) is 0 Å². The average molecular weight is 310 g/mol. The largest absolute Gasteiger partial charge is 0.396 e. The summed E-state index contributed by atoms with van der Waals surface area (Å²) < 4.78 is 13.8. The molecule has 0 spiro atoms. The number of aromatic nitrogens is 1. The first-order valence-electron chi connectivity index (χ1n) is 5.05. The first kappa shape index (κ1) is 12.5. The summed E-state index contributed by atoms with van der Waals surface area (Å²) in [6.45, 7) is 0. The fourth-order valence-electron chi connectivity index (χ4n) is 1.35. The van der Waals surface area contributed by atoms with Gasteiger partial charge < -0.3 is 11.1 Å². The Bertz CT molecular complexity index is 604. The molecule has 6 heteroatoms. The third-order valence-corrected chi connectivity index (χ3v) is 2.87. The topological polar surface area (TPSA) is 68.0 Å². The van der Waals surface area contributed by atoms with Crippen molar-refractivity contribution >= 4 is 33.2 Å². The number of hydrogen-bond acceptors (Lipinski definition) is 3. The van der Waals surface area contributed by atoms with Crippen molar-refractivity contribution < 1.29 is 9.18 Å². The van der Waals surface area contributed by atoms with Crippen LogP contribution in [-0.4, -0.2) is 10.9 Å². The van der Waals surface area contributed by atoms with Gasteiger partial charge in [0.1, 0.15) is 11.5 Å². The number of carbonyl (C=O) groups is 1. The average Bonchev–Trinajstić information content (AvgIpc) is 2.34. The molecule has 18 heavy (non-hydrogen) atoms. The molecular weight excluding hydrogens is 301 g/mol. The van der Waals surface area contributed by atoms with Gasteiger partial charge >= 0.3 is 0 Å². The Kier molecular flexibility index (Phi) is 3.57. The molecule has 1 heterocycles. The molecule has 0 saturated heterocycles. The molecule has 0 aliphatic carbocycles. The number of hydrogen-bond donors (Lipinski definition) is 2. The van der Waals surface area contributed by atoms with Gasteiger partial charge in [0.2, 0.25) is 0 Å². The first-order chi connectivity index (χ1) is 8.58. The van der Waals surface area contributed by atoms with Gasteiger partial charge in [-0.25, -0.2) is 9.37 Å². The molecule has 1 aromatic carbocycles. The number of rotatable bonds is 2. The lowest BCUT2D eigenvalue weighted by atomic mass is 10.2. The zero-order valence-corrected chi connectivity index (χ0v) is 10.7. The minimum Gasteiger partial charge on any atom is -0.396 e. The minimum atomic E-state index is -0.576. The van der Waals surface area contributed by atoms with E-state index < -0.39 is 11.7 Å². The highest BCUT2D eigenvalue weighted by Gasteiger charge is 2.11. The summed E-state index contributed by atoms with van der Waals surface area (Å²) in [7, 11) is 0. The van der Waals surface area contributed by atoms with Crippen molar-refractivity contribution in [2.24, 2.45) is 0 Å². The van der Waals surface area contributed by atoms with E-state index in [0.717, 1.165) is 6.07 Å². The second-order valence-electron chi connectivity index (χ2n) is 3.52. The summed E-state index contributed by atoms with van der Waals surface area (Å²) in [5, 5.41) is 2.54. The number of pyridine rings is 1. The Hall–Kier alpha value is -1.95. The van der Waals surface area contributed by atoms with Crippen molar-refractivity contribution in [1.82, 2.24) is 4.98 Å². The van der Waals surface area contributed by atoms with Gasteiger partial charge in [-0.1, -0.05) is 0 Å². The van der Waals surface area contributed by atoms with Gasteiger partial charge in [-0.3, -0.25) is 4.79 Å². The lowest BCUT2D eigenvalue weighted by Gasteiger charge is -2.06. The van der Waals surface area contributed by atoms with Crippen molar-refractivity contribution in [1.29, 1.82) is 0 Å². The SMILES string of the molecule is Nc1ccc(NC(=O)c2ncccc2Br)cc1F. The van der Waals surface area contributed by atoms with E-state index in [1.54, 1.807) is 12.1 Å². The predicted octanol–water partition coefficient (Wildman–Crippen LogP) is 2.82. The van der Waals surface area contributed by atoms with Crippen molar-refractivity contribution in [2.45, 2.75) is 0 Å². The number of nitrogens with two attached hydrogens (primary N) is 1. The molecule has 0 bridgehead atoms. The lowest BCUT2D eigenvalue weighted by molar-refractivity contribution is 0.102. The molecule has 1 amide bonds. The second-order valence-corrected chi connectivity index (χ2v) is 4.38. The van der Waals surface area contributed by atoms with Gasteiger partial charge in [0.05, 0.1) is 5.69 Å². The van der Waals surface area contributed by atoms with E-state index in [1.807, 2.05) is 0 Å². The number of nitrogens with zero attached hydrogens (tertiary/aromatic N) is 1. The first-order valence-corrected chi connectivity index (χ1v) is 5.84. The van der Waals surface area contributed by atoms with Gasteiger partial charge in [0.15, 0.2) is 0 Å². The van der Waals surface area contributed by atoms with Crippen LogP contribution in [0, 0.1) is 5.82 Å². The van der Waals surface area contributed by atoms with Crippen LogP contribution in [0.25, 0.3) is 0 Å². The van der Waals surface area contributed by atoms with Crippen LogP contribution in [0.2, 0.25) is 0 Å². The summed E-state index contributed by atoms with van der Waals surface area (Å²) in [5.74, 6) is -1.00. The number of amides is 1. The highest BCUT2D eigenvalue weighted by Crippen LogP contribution is 2.18.